The highest BCUT2D eigenvalue weighted by Gasteiger charge is 2.07. The summed E-state index contributed by atoms with van der Waals surface area (Å²) in [6, 6.07) is 3.77. The predicted molar refractivity (Wildman–Crippen MR) is 83.4 cm³/mol. The molecule has 0 saturated heterocycles. The molecule has 0 radical (unpaired) electrons. The lowest BCUT2D eigenvalue weighted by Gasteiger charge is -2.10. The third-order valence-corrected chi connectivity index (χ3v) is 5.28. The fraction of sp³-hybridized carbons (Fsp3) is 0.500. The Morgan fingerprint density at radius 3 is 2.44 bits per heavy atom. The van der Waals surface area contributed by atoms with Gasteiger partial charge in [0.25, 0.3) is 0 Å². The van der Waals surface area contributed by atoms with E-state index < -0.39 is 10.8 Å². The van der Waals surface area contributed by atoms with Crippen molar-refractivity contribution in [2.75, 3.05) is 12.8 Å². The molecule has 3 nitrogen and oxygen atoms in total. The standard InChI is InChI=1S/C12H17Br2NO2S/c1-8(18(2)17)3-4-15-7-9-5-10(13)12(16)11(14)6-9/h5-6,8,15-16H,3-4,7H2,1-2H3. The van der Waals surface area contributed by atoms with Gasteiger partial charge in [0.2, 0.25) is 0 Å². The Hall–Kier alpha value is 0.0900. The first kappa shape index (κ1) is 16.1. The maximum Gasteiger partial charge on any atom is 0.143 e. The van der Waals surface area contributed by atoms with E-state index in [0.29, 0.717) is 8.95 Å². The molecule has 0 heterocycles. The SMILES string of the molecule is CC(CCNCc1cc(Br)c(O)c(Br)c1)S(C)=O. The first-order chi connectivity index (χ1) is 8.41. The van der Waals surface area contributed by atoms with E-state index in [2.05, 4.69) is 37.2 Å². The summed E-state index contributed by atoms with van der Waals surface area (Å²) in [6.45, 7) is 3.54. The van der Waals surface area contributed by atoms with Crippen molar-refractivity contribution >= 4 is 42.7 Å². The number of benzene rings is 1. The molecule has 0 fully saturated rings. The summed E-state index contributed by atoms with van der Waals surface area (Å²) in [7, 11) is -0.757. The van der Waals surface area contributed by atoms with Crippen molar-refractivity contribution in [2.24, 2.45) is 0 Å². The van der Waals surface area contributed by atoms with Gasteiger partial charge >= 0.3 is 0 Å². The summed E-state index contributed by atoms with van der Waals surface area (Å²) in [5.74, 6) is 0.216. The van der Waals surface area contributed by atoms with Crippen LogP contribution in [0.1, 0.15) is 18.9 Å². The monoisotopic (exact) mass is 397 g/mol. The molecule has 1 aromatic rings. The Labute approximate surface area is 127 Å². The molecule has 2 atom stereocenters. The normalized spacial score (nSPS) is 14.4. The molecule has 0 aliphatic rings. The average Bonchev–Trinajstić information content (AvgIpc) is 2.31. The summed E-state index contributed by atoms with van der Waals surface area (Å²) >= 11 is 6.60. The van der Waals surface area contributed by atoms with E-state index >= 15 is 0 Å². The quantitative estimate of drug-likeness (QED) is 0.723. The van der Waals surface area contributed by atoms with E-state index in [4.69, 9.17) is 0 Å². The van der Waals surface area contributed by atoms with Gasteiger partial charge in [0, 0.05) is 28.9 Å². The Kier molecular flexibility index (Phi) is 6.84. The summed E-state index contributed by atoms with van der Waals surface area (Å²) < 4.78 is 12.5. The molecule has 0 spiro atoms. The third kappa shape index (κ3) is 4.99. The van der Waals surface area contributed by atoms with Gasteiger partial charge in [0.15, 0.2) is 0 Å². The second-order valence-electron chi connectivity index (χ2n) is 4.18. The van der Waals surface area contributed by atoms with Crippen LogP contribution in [0.4, 0.5) is 0 Å². The van der Waals surface area contributed by atoms with Crippen LogP contribution in [-0.4, -0.2) is 27.4 Å². The summed E-state index contributed by atoms with van der Waals surface area (Å²) in [5, 5.41) is 13.1. The lowest BCUT2D eigenvalue weighted by Crippen LogP contribution is -2.20. The number of phenolic OH excluding ortho intramolecular Hbond substituents is 1. The molecule has 1 aromatic carbocycles. The van der Waals surface area contributed by atoms with Crippen molar-refractivity contribution in [1.82, 2.24) is 5.32 Å². The number of aromatic hydroxyl groups is 1. The Balaban J connectivity index is 2.43. The average molecular weight is 399 g/mol. The maximum atomic E-state index is 11.2. The van der Waals surface area contributed by atoms with E-state index in [0.717, 1.165) is 25.1 Å². The third-order valence-electron chi connectivity index (χ3n) is 2.70. The number of rotatable bonds is 6. The lowest BCUT2D eigenvalue weighted by atomic mass is 10.2. The van der Waals surface area contributed by atoms with Gasteiger partial charge in [0.05, 0.1) is 8.95 Å². The van der Waals surface area contributed by atoms with Crippen LogP contribution in [0.3, 0.4) is 0 Å². The topological polar surface area (TPSA) is 49.3 Å². The van der Waals surface area contributed by atoms with Crippen LogP contribution in [-0.2, 0) is 17.3 Å². The van der Waals surface area contributed by atoms with Crippen molar-refractivity contribution in [3.8, 4) is 5.75 Å². The molecule has 6 heteroatoms. The van der Waals surface area contributed by atoms with Gasteiger partial charge in [-0.15, -0.1) is 0 Å². The largest absolute Gasteiger partial charge is 0.506 e. The van der Waals surface area contributed by atoms with Crippen molar-refractivity contribution < 1.29 is 9.32 Å². The van der Waals surface area contributed by atoms with Gasteiger partial charge in [-0.05, 0) is 62.5 Å². The Morgan fingerprint density at radius 1 is 1.39 bits per heavy atom. The number of hydrogen-bond acceptors (Lipinski definition) is 3. The van der Waals surface area contributed by atoms with Crippen molar-refractivity contribution in [3.05, 3.63) is 26.6 Å². The van der Waals surface area contributed by atoms with Gasteiger partial charge in [-0.25, -0.2) is 0 Å². The van der Waals surface area contributed by atoms with Gasteiger partial charge < -0.3 is 10.4 Å². The van der Waals surface area contributed by atoms with Crippen LogP contribution in [0.2, 0.25) is 0 Å². The number of hydrogen-bond donors (Lipinski definition) is 2. The first-order valence-electron chi connectivity index (χ1n) is 5.61. The van der Waals surface area contributed by atoms with Gasteiger partial charge in [-0.3, -0.25) is 4.21 Å². The summed E-state index contributed by atoms with van der Waals surface area (Å²) in [4.78, 5) is 0. The van der Waals surface area contributed by atoms with E-state index in [-0.39, 0.29) is 11.0 Å². The minimum absolute atomic E-state index is 0.216. The Bertz CT molecular complexity index is 417. The molecular formula is C12H17Br2NO2S. The van der Waals surface area contributed by atoms with Crippen LogP contribution in [0, 0.1) is 0 Å². The molecule has 1 rings (SSSR count). The van der Waals surface area contributed by atoms with Crippen LogP contribution >= 0.6 is 31.9 Å². The van der Waals surface area contributed by atoms with E-state index in [9.17, 15) is 9.32 Å². The lowest BCUT2D eigenvalue weighted by molar-refractivity contribution is 0.468. The number of halogens is 2. The first-order valence-corrected chi connectivity index (χ1v) is 8.82. The molecule has 0 aliphatic heterocycles. The smallest absolute Gasteiger partial charge is 0.143 e. The molecule has 102 valence electrons. The fourth-order valence-corrected chi connectivity index (χ4v) is 3.16. The van der Waals surface area contributed by atoms with Crippen molar-refractivity contribution in [1.29, 1.82) is 0 Å². The molecule has 0 aliphatic carbocycles. The van der Waals surface area contributed by atoms with Crippen LogP contribution in [0.25, 0.3) is 0 Å². The maximum absolute atomic E-state index is 11.2. The highest BCUT2D eigenvalue weighted by atomic mass is 79.9. The molecule has 2 N–H and O–H groups in total. The van der Waals surface area contributed by atoms with E-state index in [1.807, 2.05) is 19.1 Å². The zero-order valence-corrected chi connectivity index (χ0v) is 14.4. The summed E-state index contributed by atoms with van der Waals surface area (Å²) in [5.41, 5.74) is 1.08. The molecule has 2 unspecified atom stereocenters. The summed E-state index contributed by atoms with van der Waals surface area (Å²) in [6.07, 6.45) is 2.63. The van der Waals surface area contributed by atoms with Crippen LogP contribution in [0.5, 0.6) is 5.75 Å². The highest BCUT2D eigenvalue weighted by Crippen LogP contribution is 2.33. The van der Waals surface area contributed by atoms with Crippen molar-refractivity contribution in [3.63, 3.8) is 0 Å². The van der Waals surface area contributed by atoms with Gasteiger partial charge in [0.1, 0.15) is 5.75 Å². The molecule has 0 bridgehead atoms. The number of nitrogens with one attached hydrogen (secondary N) is 1. The molecule has 0 saturated carbocycles. The van der Waals surface area contributed by atoms with E-state index in [1.165, 1.54) is 0 Å². The molecular weight excluding hydrogens is 382 g/mol. The zero-order chi connectivity index (χ0) is 13.7. The van der Waals surface area contributed by atoms with Crippen molar-refractivity contribution in [2.45, 2.75) is 25.1 Å². The molecule has 0 amide bonds. The molecule has 18 heavy (non-hydrogen) atoms. The molecule has 0 aromatic heterocycles. The minimum atomic E-state index is -0.757. The second-order valence-corrected chi connectivity index (χ2v) is 7.69. The minimum Gasteiger partial charge on any atom is -0.506 e. The fourth-order valence-electron chi connectivity index (χ4n) is 1.42. The predicted octanol–water partition coefficient (Wildman–Crippen LogP) is 3.16. The second kappa shape index (κ2) is 7.62. The Morgan fingerprint density at radius 2 is 1.94 bits per heavy atom. The highest BCUT2D eigenvalue weighted by molar-refractivity contribution is 9.11. The van der Waals surface area contributed by atoms with Gasteiger partial charge in [-0.2, -0.15) is 0 Å². The van der Waals surface area contributed by atoms with E-state index in [1.54, 1.807) is 6.26 Å². The van der Waals surface area contributed by atoms with Crippen LogP contribution < -0.4 is 5.32 Å². The van der Waals surface area contributed by atoms with Crippen LogP contribution in [0.15, 0.2) is 21.1 Å². The van der Waals surface area contributed by atoms with Gasteiger partial charge in [-0.1, -0.05) is 6.92 Å². The number of phenols is 1. The zero-order valence-electron chi connectivity index (χ0n) is 10.4.